The molecule has 43 heavy (non-hydrogen) atoms. The summed E-state index contributed by atoms with van der Waals surface area (Å²) in [7, 11) is -2.65. The first-order chi connectivity index (χ1) is 20.5. The van der Waals surface area contributed by atoms with E-state index in [9.17, 15) is 18.0 Å². The van der Waals surface area contributed by atoms with E-state index in [1.165, 1.54) is 24.1 Å². The van der Waals surface area contributed by atoms with E-state index >= 15 is 0 Å². The lowest BCUT2D eigenvalue weighted by molar-refractivity contribution is -0.139. The predicted molar refractivity (Wildman–Crippen MR) is 172 cm³/mol. The van der Waals surface area contributed by atoms with Gasteiger partial charge in [0.1, 0.15) is 12.6 Å². The van der Waals surface area contributed by atoms with Crippen molar-refractivity contribution in [3.05, 3.63) is 130 Å². The number of rotatable bonds is 11. The second kappa shape index (κ2) is 13.9. The van der Waals surface area contributed by atoms with E-state index in [-0.39, 0.29) is 23.8 Å². The van der Waals surface area contributed by atoms with Crippen LogP contribution in [0.2, 0.25) is 5.02 Å². The van der Waals surface area contributed by atoms with Crippen LogP contribution in [0.15, 0.2) is 102 Å². The van der Waals surface area contributed by atoms with Crippen LogP contribution >= 0.6 is 11.6 Å². The zero-order valence-corrected chi connectivity index (χ0v) is 26.3. The Balaban J connectivity index is 1.81. The molecule has 0 radical (unpaired) electrons. The predicted octanol–water partition coefficient (Wildman–Crippen LogP) is 5.85. The third-order valence-electron chi connectivity index (χ3n) is 7.31. The molecule has 7 nitrogen and oxygen atoms in total. The molecule has 224 valence electrons. The van der Waals surface area contributed by atoms with E-state index in [0.29, 0.717) is 16.3 Å². The molecule has 0 heterocycles. The van der Waals surface area contributed by atoms with Crippen LogP contribution in [0.4, 0.5) is 5.69 Å². The number of amides is 2. The van der Waals surface area contributed by atoms with Crippen molar-refractivity contribution in [2.75, 3.05) is 17.9 Å². The van der Waals surface area contributed by atoms with Crippen molar-refractivity contribution < 1.29 is 18.0 Å². The van der Waals surface area contributed by atoms with Crippen LogP contribution in [-0.4, -0.2) is 44.8 Å². The Morgan fingerprint density at radius 2 is 1.42 bits per heavy atom. The van der Waals surface area contributed by atoms with Gasteiger partial charge in [-0.3, -0.25) is 13.9 Å². The molecule has 0 bridgehead atoms. The van der Waals surface area contributed by atoms with E-state index in [0.717, 1.165) is 26.6 Å². The highest BCUT2D eigenvalue weighted by Gasteiger charge is 2.34. The van der Waals surface area contributed by atoms with Crippen molar-refractivity contribution in [1.29, 1.82) is 0 Å². The maximum Gasteiger partial charge on any atom is 0.264 e. The standard InChI is InChI=1S/C34H36ClN3O4S/c1-24-10-14-28(15-11-24)22-37(32(34(40)36-4)21-27-8-6-5-7-9-27)33(39)23-38(31-19-16-29(35)20-26(31)3)43(41,42)30-17-12-25(2)13-18-30/h5-20,32H,21-23H2,1-4H3,(H,36,40)/t32-/m0/s1. The maximum atomic E-state index is 14.4. The summed E-state index contributed by atoms with van der Waals surface area (Å²) in [5.41, 5.74) is 4.57. The summed E-state index contributed by atoms with van der Waals surface area (Å²) in [5.74, 6) is -0.866. The quantitative estimate of drug-likeness (QED) is 0.229. The smallest absolute Gasteiger partial charge is 0.264 e. The fraction of sp³-hybridized carbons (Fsp3) is 0.235. The minimum absolute atomic E-state index is 0.0532. The minimum Gasteiger partial charge on any atom is -0.357 e. The van der Waals surface area contributed by atoms with Crippen LogP contribution in [0, 0.1) is 20.8 Å². The number of anilines is 1. The number of nitrogens with zero attached hydrogens (tertiary/aromatic N) is 2. The third kappa shape index (κ3) is 7.83. The van der Waals surface area contributed by atoms with Crippen molar-refractivity contribution in [3.63, 3.8) is 0 Å². The molecule has 0 spiro atoms. The van der Waals surface area contributed by atoms with E-state index < -0.39 is 28.5 Å². The Labute approximate surface area is 259 Å². The Morgan fingerprint density at radius 1 is 0.814 bits per heavy atom. The summed E-state index contributed by atoms with van der Waals surface area (Å²) in [4.78, 5) is 29.3. The molecule has 0 unspecified atom stereocenters. The molecule has 0 aliphatic heterocycles. The summed E-state index contributed by atoms with van der Waals surface area (Å²) in [5, 5.41) is 3.15. The van der Waals surface area contributed by atoms with Gasteiger partial charge in [0, 0.05) is 25.0 Å². The van der Waals surface area contributed by atoms with Gasteiger partial charge in [-0.1, -0.05) is 89.5 Å². The number of benzene rings is 4. The SMILES string of the molecule is CNC(=O)[C@H](Cc1ccccc1)N(Cc1ccc(C)cc1)C(=O)CN(c1ccc(Cl)cc1C)S(=O)(=O)c1ccc(C)cc1. The number of aryl methyl sites for hydroxylation is 3. The number of nitrogens with one attached hydrogen (secondary N) is 1. The molecule has 1 N–H and O–H groups in total. The normalized spacial score (nSPS) is 11.9. The molecule has 0 aromatic heterocycles. The van der Waals surface area contributed by atoms with E-state index in [1.54, 1.807) is 37.3 Å². The Kier molecular flexibility index (Phi) is 10.3. The average molecular weight is 618 g/mol. The van der Waals surface area contributed by atoms with Crippen LogP contribution in [0.1, 0.15) is 27.8 Å². The first-order valence-electron chi connectivity index (χ1n) is 14.0. The van der Waals surface area contributed by atoms with Gasteiger partial charge in [-0.05, 0) is 67.8 Å². The number of hydrogen-bond acceptors (Lipinski definition) is 4. The van der Waals surface area contributed by atoms with E-state index in [2.05, 4.69) is 5.32 Å². The zero-order chi connectivity index (χ0) is 31.1. The Hall–Kier alpha value is -4.14. The van der Waals surface area contributed by atoms with Crippen molar-refractivity contribution in [1.82, 2.24) is 10.2 Å². The molecular formula is C34H36ClN3O4S. The molecule has 4 aromatic rings. The second-order valence-corrected chi connectivity index (χ2v) is 12.9. The Bertz CT molecular complexity index is 1680. The average Bonchev–Trinajstić information content (AvgIpc) is 2.99. The molecule has 4 aromatic carbocycles. The molecule has 0 aliphatic rings. The van der Waals surface area contributed by atoms with Crippen molar-refractivity contribution in [2.24, 2.45) is 0 Å². The largest absolute Gasteiger partial charge is 0.357 e. The second-order valence-electron chi connectivity index (χ2n) is 10.6. The fourth-order valence-electron chi connectivity index (χ4n) is 4.86. The lowest BCUT2D eigenvalue weighted by atomic mass is 10.0. The number of likely N-dealkylation sites (N-methyl/N-ethyl adjacent to an activating group) is 1. The monoisotopic (exact) mass is 617 g/mol. The number of hydrogen-bond donors (Lipinski definition) is 1. The van der Waals surface area contributed by atoms with Crippen LogP contribution in [0.5, 0.6) is 0 Å². The highest BCUT2D eigenvalue weighted by atomic mass is 35.5. The third-order valence-corrected chi connectivity index (χ3v) is 9.32. The van der Waals surface area contributed by atoms with Crippen molar-refractivity contribution >= 4 is 39.1 Å². The topological polar surface area (TPSA) is 86.8 Å². The summed E-state index contributed by atoms with van der Waals surface area (Å²) in [6, 6.07) is 27.6. The fourth-order valence-corrected chi connectivity index (χ4v) is 6.57. The lowest BCUT2D eigenvalue weighted by Gasteiger charge is -2.34. The highest BCUT2D eigenvalue weighted by Crippen LogP contribution is 2.30. The van der Waals surface area contributed by atoms with E-state index in [4.69, 9.17) is 11.6 Å². The zero-order valence-electron chi connectivity index (χ0n) is 24.7. The highest BCUT2D eigenvalue weighted by molar-refractivity contribution is 7.92. The van der Waals surface area contributed by atoms with Crippen LogP contribution < -0.4 is 9.62 Å². The number of carbonyl (C=O) groups is 2. The molecule has 1 atom stereocenters. The number of carbonyl (C=O) groups excluding carboxylic acids is 2. The van der Waals surface area contributed by atoms with Gasteiger partial charge in [0.25, 0.3) is 10.0 Å². The van der Waals surface area contributed by atoms with Crippen LogP contribution in [-0.2, 0) is 32.6 Å². The molecule has 0 fully saturated rings. The van der Waals surface area contributed by atoms with Gasteiger partial charge in [-0.2, -0.15) is 0 Å². The molecule has 2 amide bonds. The minimum atomic E-state index is -4.18. The van der Waals surface area contributed by atoms with Gasteiger partial charge in [0.2, 0.25) is 11.8 Å². The number of sulfonamides is 1. The van der Waals surface area contributed by atoms with Gasteiger partial charge in [-0.25, -0.2) is 8.42 Å². The summed E-state index contributed by atoms with van der Waals surface area (Å²) in [6.45, 7) is 5.18. The molecule has 0 saturated carbocycles. The van der Waals surface area contributed by atoms with Gasteiger partial charge >= 0.3 is 0 Å². The molecule has 9 heteroatoms. The van der Waals surface area contributed by atoms with Gasteiger partial charge in [-0.15, -0.1) is 0 Å². The molecular weight excluding hydrogens is 582 g/mol. The van der Waals surface area contributed by atoms with Crippen LogP contribution in [0.3, 0.4) is 0 Å². The number of halogens is 1. The summed E-state index contributed by atoms with van der Waals surface area (Å²) < 4.78 is 29.4. The first kappa shape index (κ1) is 31.8. The van der Waals surface area contributed by atoms with Crippen molar-refractivity contribution in [3.8, 4) is 0 Å². The van der Waals surface area contributed by atoms with Crippen molar-refractivity contribution in [2.45, 2.75) is 44.7 Å². The van der Waals surface area contributed by atoms with Gasteiger partial charge in [0.15, 0.2) is 0 Å². The first-order valence-corrected chi connectivity index (χ1v) is 15.8. The Morgan fingerprint density at radius 3 is 2.00 bits per heavy atom. The van der Waals surface area contributed by atoms with Gasteiger partial charge < -0.3 is 10.2 Å². The summed E-state index contributed by atoms with van der Waals surface area (Å²) >= 11 is 6.21. The van der Waals surface area contributed by atoms with Crippen LogP contribution in [0.25, 0.3) is 0 Å². The lowest BCUT2D eigenvalue weighted by Crippen LogP contribution is -2.53. The summed E-state index contributed by atoms with van der Waals surface area (Å²) in [6.07, 6.45) is 0.253. The molecule has 4 rings (SSSR count). The molecule has 0 saturated heterocycles. The van der Waals surface area contributed by atoms with Gasteiger partial charge in [0.05, 0.1) is 10.6 Å². The maximum absolute atomic E-state index is 14.4. The van der Waals surface area contributed by atoms with E-state index in [1.807, 2.05) is 68.4 Å². The molecule has 0 aliphatic carbocycles.